The van der Waals surface area contributed by atoms with Gasteiger partial charge >= 0.3 is 0 Å². The fourth-order valence-corrected chi connectivity index (χ4v) is 2.66. The summed E-state index contributed by atoms with van der Waals surface area (Å²) < 4.78 is 0. The predicted octanol–water partition coefficient (Wildman–Crippen LogP) is 2.41. The van der Waals surface area contributed by atoms with Crippen molar-refractivity contribution in [2.24, 2.45) is 5.92 Å². The van der Waals surface area contributed by atoms with Gasteiger partial charge in [0, 0.05) is 24.3 Å². The second kappa shape index (κ2) is 7.43. The number of anilines is 1. The number of carbonyl (C=O) groups is 1. The molecule has 1 aliphatic carbocycles. The average Bonchev–Trinajstić information content (AvgIpc) is 2.40. The van der Waals surface area contributed by atoms with Gasteiger partial charge in [-0.2, -0.15) is 0 Å². The molecule has 6 heteroatoms. The van der Waals surface area contributed by atoms with Crippen LogP contribution in [0.1, 0.15) is 38.2 Å². The normalized spacial score (nSPS) is 21.1. The number of rotatable bonds is 8. The van der Waals surface area contributed by atoms with E-state index in [4.69, 9.17) is 11.6 Å². The zero-order chi connectivity index (χ0) is 14.4. The number of aromatic nitrogens is 2. The predicted molar refractivity (Wildman–Crippen MR) is 79.9 cm³/mol. The Bertz CT molecular complexity index is 449. The van der Waals surface area contributed by atoms with Crippen LogP contribution in [0.25, 0.3) is 0 Å². The van der Waals surface area contributed by atoms with Gasteiger partial charge in [0.2, 0.25) is 11.7 Å². The van der Waals surface area contributed by atoms with Crippen LogP contribution in [0.4, 0.5) is 5.82 Å². The van der Waals surface area contributed by atoms with Gasteiger partial charge in [-0.25, -0.2) is 9.97 Å². The summed E-state index contributed by atoms with van der Waals surface area (Å²) in [5.74, 6) is 1.54. The lowest BCUT2D eigenvalue weighted by Gasteiger charge is -2.34. The van der Waals surface area contributed by atoms with Gasteiger partial charge in [0.05, 0.1) is 0 Å². The van der Waals surface area contributed by atoms with Crippen LogP contribution >= 0.6 is 11.6 Å². The summed E-state index contributed by atoms with van der Waals surface area (Å²) in [7, 11) is 0. The maximum Gasteiger partial charge on any atom is 0.224 e. The lowest BCUT2D eigenvalue weighted by Crippen LogP contribution is -2.40. The summed E-state index contributed by atoms with van der Waals surface area (Å²) in [4.78, 5) is 18.7. The fourth-order valence-electron chi connectivity index (χ4n) is 2.53. The molecule has 1 aromatic rings. The Morgan fingerprint density at radius 3 is 3.00 bits per heavy atom. The molecule has 5 nitrogen and oxygen atoms in total. The molecule has 2 rings (SSSR count). The molecule has 0 aliphatic heterocycles. The Kier molecular flexibility index (Phi) is 5.59. The Morgan fingerprint density at radius 2 is 2.30 bits per heavy atom. The summed E-state index contributed by atoms with van der Waals surface area (Å²) >= 11 is 5.85. The van der Waals surface area contributed by atoms with Gasteiger partial charge in [-0.1, -0.05) is 6.92 Å². The molecule has 0 saturated heterocycles. The number of halogens is 1. The Balaban J connectivity index is 1.84. The Morgan fingerprint density at radius 1 is 1.50 bits per heavy atom. The summed E-state index contributed by atoms with van der Waals surface area (Å²) in [5, 5.41) is 6.40. The number of hydrogen-bond acceptors (Lipinski definition) is 4. The molecule has 2 N–H and O–H groups in total. The van der Waals surface area contributed by atoms with E-state index in [9.17, 15) is 4.79 Å². The molecule has 0 atom stereocenters. The van der Waals surface area contributed by atoms with Crippen molar-refractivity contribution >= 4 is 23.8 Å². The van der Waals surface area contributed by atoms with Gasteiger partial charge in [-0.15, -0.1) is 0 Å². The van der Waals surface area contributed by atoms with Crippen LogP contribution in [0, 0.1) is 5.92 Å². The molecule has 0 unspecified atom stereocenters. The molecule has 0 spiro atoms. The molecule has 0 bridgehead atoms. The van der Waals surface area contributed by atoms with E-state index < -0.39 is 0 Å². The quantitative estimate of drug-likeness (QED) is 0.571. The van der Waals surface area contributed by atoms with Gasteiger partial charge in [-0.3, -0.25) is 4.79 Å². The second-order valence-corrected chi connectivity index (χ2v) is 5.64. The van der Waals surface area contributed by atoms with Crippen molar-refractivity contribution in [3.05, 3.63) is 17.0 Å². The number of nitrogens with one attached hydrogen (secondary N) is 2. The van der Waals surface area contributed by atoms with Gasteiger partial charge in [0.1, 0.15) is 5.82 Å². The average molecular weight is 297 g/mol. The van der Waals surface area contributed by atoms with E-state index in [-0.39, 0.29) is 5.28 Å². The third kappa shape index (κ3) is 4.07. The summed E-state index contributed by atoms with van der Waals surface area (Å²) in [6, 6.07) is 0.372. The van der Waals surface area contributed by atoms with E-state index in [1.54, 1.807) is 0 Å². The third-order valence-corrected chi connectivity index (χ3v) is 3.92. The van der Waals surface area contributed by atoms with Crippen molar-refractivity contribution < 1.29 is 4.79 Å². The van der Waals surface area contributed by atoms with E-state index in [1.807, 2.05) is 6.20 Å². The summed E-state index contributed by atoms with van der Waals surface area (Å²) in [5.41, 5.74) is 1.12. The van der Waals surface area contributed by atoms with Gasteiger partial charge in [-0.05, 0) is 49.6 Å². The first-order chi connectivity index (χ1) is 9.72. The molecule has 1 saturated carbocycles. The molecule has 0 radical (unpaired) electrons. The molecule has 0 aromatic carbocycles. The molecule has 1 heterocycles. The van der Waals surface area contributed by atoms with Crippen molar-refractivity contribution in [3.63, 3.8) is 0 Å². The number of hydrogen-bond donors (Lipinski definition) is 2. The number of carbonyl (C=O) groups excluding carboxylic acids is 1. The van der Waals surface area contributed by atoms with Crippen LogP contribution in [-0.4, -0.2) is 29.0 Å². The van der Waals surface area contributed by atoms with E-state index in [1.165, 1.54) is 0 Å². The minimum absolute atomic E-state index is 0.284. The molecule has 20 heavy (non-hydrogen) atoms. The maximum absolute atomic E-state index is 10.3. The smallest absolute Gasteiger partial charge is 0.224 e. The zero-order valence-electron chi connectivity index (χ0n) is 11.7. The standard InChI is InChI=1S/C14H21ClN4O/c1-2-5-16-13-11(8-17-14(15)19-13)4-3-10-6-12(7-10)18-9-20/h8-10,12H,2-7H2,1H3,(H,18,20)(H,16,17,19). The number of aryl methyl sites for hydroxylation is 1. The lowest BCUT2D eigenvalue weighted by molar-refractivity contribution is -0.110. The molecule has 1 aliphatic rings. The van der Waals surface area contributed by atoms with E-state index in [2.05, 4.69) is 27.5 Å². The topological polar surface area (TPSA) is 66.9 Å². The van der Waals surface area contributed by atoms with Crippen molar-refractivity contribution in [1.29, 1.82) is 0 Å². The summed E-state index contributed by atoms with van der Waals surface area (Å²) in [6.07, 6.45) is 7.84. The van der Waals surface area contributed by atoms with Crippen LogP contribution in [0.5, 0.6) is 0 Å². The van der Waals surface area contributed by atoms with Gasteiger partial charge in [0.15, 0.2) is 0 Å². The second-order valence-electron chi connectivity index (χ2n) is 5.30. The maximum atomic E-state index is 10.3. The van der Waals surface area contributed by atoms with E-state index >= 15 is 0 Å². The fraction of sp³-hybridized carbons (Fsp3) is 0.643. The molecule has 1 aromatic heterocycles. The highest BCUT2D eigenvalue weighted by Crippen LogP contribution is 2.31. The number of amides is 1. The zero-order valence-corrected chi connectivity index (χ0v) is 12.5. The molecule has 1 amide bonds. The molecule has 1 fully saturated rings. The number of nitrogens with zero attached hydrogens (tertiary/aromatic N) is 2. The molecular formula is C14H21ClN4O. The van der Waals surface area contributed by atoms with Crippen molar-refractivity contribution in [2.45, 2.75) is 45.1 Å². The van der Waals surface area contributed by atoms with Crippen LogP contribution in [0.15, 0.2) is 6.20 Å². The van der Waals surface area contributed by atoms with Crippen molar-refractivity contribution in [2.75, 3.05) is 11.9 Å². The van der Waals surface area contributed by atoms with Gasteiger partial charge in [0.25, 0.3) is 0 Å². The highest BCUT2D eigenvalue weighted by Gasteiger charge is 2.28. The Labute approximate surface area is 124 Å². The molecule has 110 valence electrons. The minimum atomic E-state index is 0.284. The van der Waals surface area contributed by atoms with E-state index in [0.29, 0.717) is 12.0 Å². The minimum Gasteiger partial charge on any atom is -0.370 e. The van der Waals surface area contributed by atoms with Crippen LogP contribution in [0.2, 0.25) is 5.28 Å². The van der Waals surface area contributed by atoms with Gasteiger partial charge < -0.3 is 10.6 Å². The van der Waals surface area contributed by atoms with Crippen LogP contribution < -0.4 is 10.6 Å². The van der Waals surface area contributed by atoms with Crippen molar-refractivity contribution in [1.82, 2.24) is 15.3 Å². The first-order valence-electron chi connectivity index (χ1n) is 7.18. The van der Waals surface area contributed by atoms with E-state index in [0.717, 1.165) is 56.4 Å². The lowest BCUT2D eigenvalue weighted by atomic mass is 9.77. The first kappa shape index (κ1) is 15.0. The Hall–Kier alpha value is -1.36. The third-order valence-electron chi connectivity index (χ3n) is 3.74. The highest BCUT2D eigenvalue weighted by molar-refractivity contribution is 6.28. The SMILES string of the molecule is CCCNc1nc(Cl)ncc1CCC1CC(NC=O)C1. The van der Waals surface area contributed by atoms with Crippen LogP contribution in [0.3, 0.4) is 0 Å². The monoisotopic (exact) mass is 296 g/mol. The summed E-state index contributed by atoms with van der Waals surface area (Å²) in [6.45, 7) is 3.00. The molecular weight excluding hydrogens is 276 g/mol. The highest BCUT2D eigenvalue weighted by atomic mass is 35.5. The first-order valence-corrected chi connectivity index (χ1v) is 7.55. The van der Waals surface area contributed by atoms with Crippen molar-refractivity contribution in [3.8, 4) is 0 Å². The largest absolute Gasteiger partial charge is 0.370 e. The van der Waals surface area contributed by atoms with Crippen LogP contribution in [-0.2, 0) is 11.2 Å².